The van der Waals surface area contributed by atoms with Crippen LogP contribution in [0.3, 0.4) is 0 Å². The minimum atomic E-state index is -0.441. The maximum absolute atomic E-state index is 11.2. The second-order valence-corrected chi connectivity index (χ2v) is 6.56. The molecule has 0 saturated carbocycles. The third kappa shape index (κ3) is 8.61. The monoisotopic (exact) mass is 288 g/mol. The number of ether oxygens (including phenoxy) is 2. The first kappa shape index (κ1) is 18.5. The molecular weight excluding hydrogens is 260 g/mol. The van der Waals surface area contributed by atoms with E-state index in [0.29, 0.717) is 13.1 Å². The highest BCUT2D eigenvalue weighted by Gasteiger charge is 2.30. The Balaban J connectivity index is 4.52. The van der Waals surface area contributed by atoms with Gasteiger partial charge < -0.3 is 20.1 Å². The maximum atomic E-state index is 11.2. The van der Waals surface area contributed by atoms with Crippen molar-refractivity contribution in [2.24, 2.45) is 10.8 Å². The van der Waals surface area contributed by atoms with Crippen LogP contribution in [0.25, 0.3) is 0 Å². The molecule has 0 aromatic rings. The first-order valence-electron chi connectivity index (χ1n) is 6.75. The molecule has 6 heteroatoms. The molecule has 6 nitrogen and oxygen atoms in total. The predicted octanol–water partition coefficient (Wildman–Crippen LogP) is 2.53. The van der Waals surface area contributed by atoms with E-state index < -0.39 is 12.2 Å². The molecule has 2 N–H and O–H groups in total. The Bertz CT molecular complexity index is 326. The van der Waals surface area contributed by atoms with E-state index in [1.165, 1.54) is 14.2 Å². The number of rotatable bonds is 6. The lowest BCUT2D eigenvalue weighted by molar-refractivity contribution is 0.141. The van der Waals surface area contributed by atoms with Crippen LogP contribution in [0.2, 0.25) is 0 Å². The van der Waals surface area contributed by atoms with Crippen molar-refractivity contribution < 1.29 is 19.1 Å². The van der Waals surface area contributed by atoms with Crippen molar-refractivity contribution in [3.05, 3.63) is 0 Å². The van der Waals surface area contributed by atoms with Gasteiger partial charge in [-0.15, -0.1) is 0 Å². The van der Waals surface area contributed by atoms with Crippen molar-refractivity contribution in [1.82, 2.24) is 10.6 Å². The number of alkyl carbamates (subject to hydrolysis) is 2. The molecule has 0 fully saturated rings. The normalized spacial score (nSPS) is 14.1. The smallest absolute Gasteiger partial charge is 0.406 e. The summed E-state index contributed by atoms with van der Waals surface area (Å²) in [6.45, 7) is 9.54. The zero-order chi connectivity index (χ0) is 15.8. The van der Waals surface area contributed by atoms with Crippen molar-refractivity contribution in [2.75, 3.05) is 27.3 Å². The molecule has 0 aliphatic heterocycles. The van der Waals surface area contributed by atoms with Gasteiger partial charge in [-0.3, -0.25) is 0 Å². The second-order valence-electron chi connectivity index (χ2n) is 6.56. The van der Waals surface area contributed by atoms with Gasteiger partial charge in [-0.05, 0) is 23.7 Å². The van der Waals surface area contributed by atoms with E-state index in [1.54, 1.807) is 0 Å². The van der Waals surface area contributed by atoms with E-state index in [0.717, 1.165) is 12.8 Å². The van der Waals surface area contributed by atoms with Crippen LogP contribution in [-0.2, 0) is 9.47 Å². The average molecular weight is 288 g/mol. The Morgan fingerprint density at radius 1 is 0.950 bits per heavy atom. The lowest BCUT2D eigenvalue weighted by Gasteiger charge is -2.36. The van der Waals surface area contributed by atoms with Gasteiger partial charge in [-0.1, -0.05) is 27.7 Å². The molecular formula is C14H28N2O4. The number of hydrogen-bond donors (Lipinski definition) is 2. The van der Waals surface area contributed by atoms with Gasteiger partial charge in [0, 0.05) is 13.1 Å². The number of amides is 2. The summed E-state index contributed by atoms with van der Waals surface area (Å²) in [6, 6.07) is 0. The van der Waals surface area contributed by atoms with Gasteiger partial charge in [-0.2, -0.15) is 0 Å². The summed E-state index contributed by atoms with van der Waals surface area (Å²) >= 11 is 0. The summed E-state index contributed by atoms with van der Waals surface area (Å²) in [5.41, 5.74) is -0.00865. The van der Waals surface area contributed by atoms with Gasteiger partial charge in [0.05, 0.1) is 14.2 Å². The van der Waals surface area contributed by atoms with Gasteiger partial charge >= 0.3 is 12.2 Å². The molecule has 0 aromatic heterocycles. The van der Waals surface area contributed by atoms with Crippen LogP contribution in [0, 0.1) is 10.8 Å². The maximum Gasteiger partial charge on any atom is 0.406 e. The third-order valence-electron chi connectivity index (χ3n) is 2.99. The second kappa shape index (κ2) is 7.97. The van der Waals surface area contributed by atoms with Crippen molar-refractivity contribution in [3.8, 4) is 0 Å². The molecule has 0 spiro atoms. The Hall–Kier alpha value is -1.46. The standard InChI is InChI=1S/C14H28N2O4/c1-13(2,3)9-14(4,10-16-12(18)20-6)7-8-15-11(17)19-5/h7-10H2,1-6H3,(H,15,17)(H,16,18). The SMILES string of the molecule is COC(=O)NCCC(C)(CNC(=O)OC)CC(C)(C)C. The van der Waals surface area contributed by atoms with Gasteiger partial charge in [0.1, 0.15) is 0 Å². The highest BCUT2D eigenvalue weighted by atomic mass is 16.5. The van der Waals surface area contributed by atoms with Gasteiger partial charge in [0.2, 0.25) is 0 Å². The van der Waals surface area contributed by atoms with E-state index in [2.05, 4.69) is 47.8 Å². The first-order chi connectivity index (χ1) is 9.12. The van der Waals surface area contributed by atoms with Crippen LogP contribution in [0.5, 0.6) is 0 Å². The fourth-order valence-electron chi connectivity index (χ4n) is 2.42. The molecule has 0 saturated heterocycles. The van der Waals surface area contributed by atoms with Crippen LogP contribution in [0.4, 0.5) is 9.59 Å². The molecule has 0 aliphatic rings. The molecule has 0 bridgehead atoms. The fourth-order valence-corrected chi connectivity index (χ4v) is 2.42. The quantitative estimate of drug-likeness (QED) is 0.787. The molecule has 20 heavy (non-hydrogen) atoms. The Kier molecular flexibility index (Phi) is 7.39. The van der Waals surface area contributed by atoms with Crippen LogP contribution in [-0.4, -0.2) is 39.5 Å². The zero-order valence-electron chi connectivity index (χ0n) is 13.5. The highest BCUT2D eigenvalue weighted by Crippen LogP contribution is 2.35. The molecule has 0 heterocycles. The summed E-state index contributed by atoms with van der Waals surface area (Å²) < 4.78 is 9.14. The summed E-state index contributed by atoms with van der Waals surface area (Å²) in [6.07, 6.45) is 0.769. The summed E-state index contributed by atoms with van der Waals surface area (Å²) in [5, 5.41) is 5.41. The average Bonchev–Trinajstić information content (AvgIpc) is 2.33. The number of carbonyl (C=O) groups excluding carboxylic acids is 2. The topological polar surface area (TPSA) is 76.7 Å². The van der Waals surface area contributed by atoms with Crippen molar-refractivity contribution >= 4 is 12.2 Å². The minimum Gasteiger partial charge on any atom is -0.453 e. The van der Waals surface area contributed by atoms with Crippen LogP contribution >= 0.6 is 0 Å². The van der Waals surface area contributed by atoms with E-state index in [4.69, 9.17) is 0 Å². The molecule has 0 aromatic carbocycles. The predicted molar refractivity (Wildman–Crippen MR) is 77.6 cm³/mol. The number of nitrogens with one attached hydrogen (secondary N) is 2. The van der Waals surface area contributed by atoms with Crippen LogP contribution < -0.4 is 10.6 Å². The zero-order valence-corrected chi connectivity index (χ0v) is 13.5. The Labute approximate surface area is 121 Å². The molecule has 0 rings (SSSR count). The number of methoxy groups -OCH3 is 2. The lowest BCUT2D eigenvalue weighted by Crippen LogP contribution is -2.40. The van der Waals surface area contributed by atoms with Crippen molar-refractivity contribution in [2.45, 2.75) is 40.5 Å². The van der Waals surface area contributed by atoms with E-state index >= 15 is 0 Å². The molecule has 1 unspecified atom stereocenters. The largest absolute Gasteiger partial charge is 0.453 e. The molecule has 0 aliphatic carbocycles. The summed E-state index contributed by atoms with van der Waals surface area (Å²) in [7, 11) is 2.68. The van der Waals surface area contributed by atoms with Gasteiger partial charge in [0.15, 0.2) is 0 Å². The van der Waals surface area contributed by atoms with Crippen LogP contribution in [0.15, 0.2) is 0 Å². The van der Waals surface area contributed by atoms with E-state index in [1.807, 2.05) is 0 Å². The number of hydrogen-bond acceptors (Lipinski definition) is 4. The van der Waals surface area contributed by atoms with Gasteiger partial charge in [0.25, 0.3) is 0 Å². The Morgan fingerprint density at radius 2 is 1.45 bits per heavy atom. The summed E-state index contributed by atoms with van der Waals surface area (Å²) in [5.74, 6) is 0. The molecule has 2 amide bonds. The molecule has 118 valence electrons. The number of carbonyl (C=O) groups is 2. The highest BCUT2D eigenvalue weighted by molar-refractivity contribution is 5.67. The third-order valence-corrected chi connectivity index (χ3v) is 2.99. The first-order valence-corrected chi connectivity index (χ1v) is 6.75. The van der Waals surface area contributed by atoms with E-state index in [-0.39, 0.29) is 10.8 Å². The van der Waals surface area contributed by atoms with E-state index in [9.17, 15) is 9.59 Å². The Morgan fingerprint density at radius 3 is 1.90 bits per heavy atom. The van der Waals surface area contributed by atoms with Crippen LogP contribution in [0.1, 0.15) is 40.5 Å². The fraction of sp³-hybridized carbons (Fsp3) is 0.857. The van der Waals surface area contributed by atoms with Crippen molar-refractivity contribution in [3.63, 3.8) is 0 Å². The van der Waals surface area contributed by atoms with Gasteiger partial charge in [-0.25, -0.2) is 9.59 Å². The molecule has 0 radical (unpaired) electrons. The van der Waals surface area contributed by atoms with Crippen molar-refractivity contribution in [1.29, 1.82) is 0 Å². The lowest BCUT2D eigenvalue weighted by atomic mass is 9.73. The summed E-state index contributed by atoms with van der Waals surface area (Å²) in [4.78, 5) is 22.3. The molecule has 1 atom stereocenters. The minimum absolute atomic E-state index is 0.123.